The summed E-state index contributed by atoms with van der Waals surface area (Å²) in [5.74, 6) is 0.124. The molecule has 1 amide bonds. The molecule has 2 aromatic carbocycles. The summed E-state index contributed by atoms with van der Waals surface area (Å²) in [5, 5.41) is 1.48. The average Bonchev–Trinajstić information content (AvgIpc) is 3.31. The number of aromatic amines is 1. The van der Waals surface area contributed by atoms with Gasteiger partial charge in [0.25, 0.3) is 0 Å². The number of hydrogen-bond acceptors (Lipinski definition) is 4. The molecule has 4 aromatic rings. The third-order valence-electron chi connectivity index (χ3n) is 7.31. The highest BCUT2D eigenvalue weighted by molar-refractivity contribution is 6.36. The van der Waals surface area contributed by atoms with Crippen LogP contribution >= 0.6 is 11.6 Å². The number of halogens is 1. The van der Waals surface area contributed by atoms with Crippen LogP contribution in [0.2, 0.25) is 5.02 Å². The van der Waals surface area contributed by atoms with Crippen molar-refractivity contribution in [2.24, 2.45) is 0 Å². The van der Waals surface area contributed by atoms with Crippen LogP contribution in [0.5, 0.6) is 0 Å². The monoisotopic (exact) mass is 526 g/mol. The Morgan fingerprint density at radius 1 is 1.08 bits per heavy atom. The molecule has 1 saturated heterocycles. The summed E-state index contributed by atoms with van der Waals surface area (Å²) in [6, 6.07) is 16.5. The minimum absolute atomic E-state index is 0.0130. The fraction of sp³-hybridized carbons (Fsp3) is 0.258. The SMILES string of the molecule is C=CC(=O)Cc1cc(-c2c(-c3cccc(CN4CCN(C(C)=O)CC4)c3)[nH]c3nccc(Cl)c23)ccc1C. The summed E-state index contributed by atoms with van der Waals surface area (Å²) in [6.45, 7) is 11.3. The van der Waals surface area contributed by atoms with Gasteiger partial charge in [0, 0.05) is 63.2 Å². The second-order valence-corrected chi connectivity index (χ2v) is 10.3. The Morgan fingerprint density at radius 3 is 2.61 bits per heavy atom. The van der Waals surface area contributed by atoms with Crippen LogP contribution in [0, 0.1) is 6.92 Å². The second-order valence-electron chi connectivity index (χ2n) is 9.86. The second kappa shape index (κ2) is 10.9. The Bertz CT molecular complexity index is 1530. The van der Waals surface area contributed by atoms with Crippen molar-refractivity contribution in [1.29, 1.82) is 0 Å². The Balaban J connectivity index is 1.54. The number of carbonyl (C=O) groups is 2. The topological polar surface area (TPSA) is 69.3 Å². The lowest BCUT2D eigenvalue weighted by molar-refractivity contribution is -0.130. The highest BCUT2D eigenvalue weighted by Gasteiger charge is 2.21. The van der Waals surface area contributed by atoms with Gasteiger partial charge in [-0.2, -0.15) is 0 Å². The number of aryl methyl sites for hydroxylation is 1. The van der Waals surface area contributed by atoms with Gasteiger partial charge < -0.3 is 9.88 Å². The van der Waals surface area contributed by atoms with E-state index in [1.807, 2.05) is 17.9 Å². The molecular weight excluding hydrogens is 496 g/mol. The molecule has 0 spiro atoms. The molecule has 3 heterocycles. The van der Waals surface area contributed by atoms with Crippen molar-refractivity contribution >= 4 is 34.3 Å². The molecule has 0 bridgehead atoms. The number of nitrogens with one attached hydrogen (secondary N) is 1. The molecule has 0 unspecified atom stereocenters. The van der Waals surface area contributed by atoms with Gasteiger partial charge in [0.15, 0.2) is 5.78 Å². The third kappa shape index (κ3) is 5.28. The summed E-state index contributed by atoms with van der Waals surface area (Å²) in [7, 11) is 0. The number of rotatable bonds is 7. The maximum Gasteiger partial charge on any atom is 0.219 e. The number of hydrogen-bond donors (Lipinski definition) is 1. The molecule has 38 heavy (non-hydrogen) atoms. The molecule has 2 aromatic heterocycles. The van der Waals surface area contributed by atoms with Crippen molar-refractivity contribution < 1.29 is 9.59 Å². The normalized spacial score (nSPS) is 14.1. The predicted molar refractivity (Wildman–Crippen MR) is 153 cm³/mol. The summed E-state index contributed by atoms with van der Waals surface area (Å²) < 4.78 is 0. The lowest BCUT2D eigenvalue weighted by Gasteiger charge is -2.34. The Kier molecular flexibility index (Phi) is 7.45. The van der Waals surface area contributed by atoms with Crippen LogP contribution in [0.3, 0.4) is 0 Å². The van der Waals surface area contributed by atoms with Crippen molar-refractivity contribution in [1.82, 2.24) is 19.8 Å². The van der Waals surface area contributed by atoms with Crippen LogP contribution in [0.4, 0.5) is 0 Å². The number of piperazine rings is 1. The van der Waals surface area contributed by atoms with E-state index in [9.17, 15) is 9.59 Å². The smallest absolute Gasteiger partial charge is 0.219 e. The molecule has 194 valence electrons. The van der Waals surface area contributed by atoms with E-state index in [2.05, 4.69) is 57.8 Å². The quantitative estimate of drug-likeness (QED) is 0.308. The highest BCUT2D eigenvalue weighted by atomic mass is 35.5. The summed E-state index contributed by atoms with van der Waals surface area (Å²) in [5.41, 5.74) is 7.86. The lowest BCUT2D eigenvalue weighted by atomic mass is 9.93. The molecule has 7 heteroatoms. The maximum absolute atomic E-state index is 12.2. The first-order chi connectivity index (χ1) is 18.3. The van der Waals surface area contributed by atoms with Crippen molar-refractivity contribution in [3.63, 3.8) is 0 Å². The molecule has 0 saturated carbocycles. The zero-order chi connectivity index (χ0) is 26.8. The Labute approximate surface area is 227 Å². The highest BCUT2D eigenvalue weighted by Crippen LogP contribution is 2.41. The number of H-pyrrole nitrogens is 1. The van der Waals surface area contributed by atoms with Crippen LogP contribution in [-0.2, 0) is 22.6 Å². The molecule has 0 radical (unpaired) electrons. The average molecular weight is 527 g/mol. The number of fused-ring (bicyclic) bond motifs is 1. The van der Waals surface area contributed by atoms with Gasteiger partial charge in [0.2, 0.25) is 5.91 Å². The van der Waals surface area contributed by atoms with E-state index in [0.29, 0.717) is 11.4 Å². The lowest BCUT2D eigenvalue weighted by Crippen LogP contribution is -2.47. The molecule has 5 rings (SSSR count). The van der Waals surface area contributed by atoms with Gasteiger partial charge >= 0.3 is 0 Å². The van der Waals surface area contributed by atoms with Crippen molar-refractivity contribution in [2.45, 2.75) is 26.8 Å². The van der Waals surface area contributed by atoms with Crippen LogP contribution in [-0.4, -0.2) is 57.6 Å². The molecule has 0 aliphatic carbocycles. The molecule has 1 aliphatic rings. The van der Waals surface area contributed by atoms with Gasteiger partial charge in [-0.25, -0.2) is 4.98 Å². The largest absolute Gasteiger partial charge is 0.340 e. The van der Waals surface area contributed by atoms with Crippen LogP contribution < -0.4 is 0 Å². The molecule has 1 fully saturated rings. The molecular formula is C31H31ClN4O2. The number of nitrogens with zero attached hydrogens (tertiary/aromatic N) is 3. The first-order valence-corrected chi connectivity index (χ1v) is 13.2. The number of amides is 1. The summed E-state index contributed by atoms with van der Waals surface area (Å²) in [4.78, 5) is 36.2. The fourth-order valence-electron chi connectivity index (χ4n) is 5.16. The van der Waals surface area contributed by atoms with Crippen molar-refractivity contribution in [3.8, 4) is 22.4 Å². The number of carbonyl (C=O) groups excluding carboxylic acids is 2. The van der Waals surface area contributed by atoms with Crippen LogP contribution in [0.25, 0.3) is 33.4 Å². The van der Waals surface area contributed by atoms with E-state index in [-0.39, 0.29) is 11.7 Å². The molecule has 6 nitrogen and oxygen atoms in total. The van der Waals surface area contributed by atoms with Gasteiger partial charge in [-0.1, -0.05) is 54.6 Å². The first-order valence-electron chi connectivity index (χ1n) is 12.8. The summed E-state index contributed by atoms with van der Waals surface area (Å²) >= 11 is 6.72. The zero-order valence-corrected chi connectivity index (χ0v) is 22.5. The van der Waals surface area contributed by atoms with Crippen LogP contribution in [0.15, 0.2) is 67.4 Å². The van der Waals surface area contributed by atoms with E-state index >= 15 is 0 Å². The third-order valence-corrected chi connectivity index (χ3v) is 7.63. The van der Waals surface area contributed by atoms with Gasteiger partial charge in [0.1, 0.15) is 5.65 Å². The van der Waals surface area contributed by atoms with Crippen molar-refractivity contribution in [3.05, 3.63) is 89.1 Å². The van der Waals surface area contributed by atoms with E-state index in [1.54, 1.807) is 19.2 Å². The zero-order valence-electron chi connectivity index (χ0n) is 21.8. The van der Waals surface area contributed by atoms with E-state index in [0.717, 1.165) is 77.3 Å². The number of benzene rings is 2. The Hall–Kier alpha value is -3.74. The first kappa shape index (κ1) is 25.9. The minimum Gasteiger partial charge on any atom is -0.340 e. The molecule has 0 atom stereocenters. The van der Waals surface area contributed by atoms with Gasteiger partial charge in [-0.15, -0.1) is 0 Å². The summed E-state index contributed by atoms with van der Waals surface area (Å²) in [6.07, 6.45) is 3.38. The maximum atomic E-state index is 12.2. The number of allylic oxidation sites excluding steroid dienone is 1. The fourth-order valence-corrected chi connectivity index (χ4v) is 5.40. The van der Waals surface area contributed by atoms with Gasteiger partial charge in [0.05, 0.1) is 10.7 Å². The van der Waals surface area contributed by atoms with Crippen molar-refractivity contribution in [2.75, 3.05) is 26.2 Å². The Morgan fingerprint density at radius 2 is 1.87 bits per heavy atom. The predicted octanol–water partition coefficient (Wildman–Crippen LogP) is 5.82. The molecule has 1 N–H and O–H groups in total. The number of ketones is 1. The van der Waals surface area contributed by atoms with E-state index < -0.39 is 0 Å². The van der Waals surface area contributed by atoms with Gasteiger partial charge in [-0.05, 0) is 52.9 Å². The number of aromatic nitrogens is 2. The molecule has 1 aliphatic heterocycles. The number of pyridine rings is 1. The minimum atomic E-state index is -0.0130. The van der Waals surface area contributed by atoms with E-state index in [1.165, 1.54) is 11.6 Å². The standard InChI is InChI=1S/C31H31ClN4O2/c1-4-26(38)18-25-17-23(9-8-20(25)2)28-29-27(32)10-11-33-31(29)34-30(28)24-7-5-6-22(16-24)19-35-12-14-36(15-13-35)21(3)37/h4-11,16-17H,1,12-15,18-19H2,2-3H3,(H,33,34). The van der Waals surface area contributed by atoms with Crippen LogP contribution in [0.1, 0.15) is 23.6 Å². The van der Waals surface area contributed by atoms with E-state index in [4.69, 9.17) is 11.6 Å². The van der Waals surface area contributed by atoms with Gasteiger partial charge in [-0.3, -0.25) is 14.5 Å².